The molecule has 5 nitrogen and oxygen atoms in total. The van der Waals surface area contributed by atoms with Gasteiger partial charge in [0.25, 0.3) is 0 Å². The maximum Gasteiger partial charge on any atom is 0.165 e. The van der Waals surface area contributed by atoms with Gasteiger partial charge in [0.05, 0.1) is 28.4 Å². The van der Waals surface area contributed by atoms with Gasteiger partial charge < -0.3 is 4.57 Å². The molecule has 0 spiro atoms. The molecule has 0 fully saturated rings. The minimum absolute atomic E-state index is 0.552. The summed E-state index contributed by atoms with van der Waals surface area (Å²) in [6, 6.07) is 38.4. The van der Waals surface area contributed by atoms with Crippen LogP contribution in [0.25, 0.3) is 61.1 Å². The molecule has 0 unspecified atom stereocenters. The first-order valence-corrected chi connectivity index (χ1v) is 14.4. The third kappa shape index (κ3) is 4.54. The molecule has 43 heavy (non-hydrogen) atoms. The number of nitriles is 1. The fraction of sp³-hybridized carbons (Fsp3) is 0.105. The standard InChI is InChI=1S/C38H29N5/c1-23-9-5-7-11-30(23)28-14-16-32-33-17-15-29(31-12-8-6-10-24(31)2)21-37(33)43(36(32)20-28)35-18-13-27(22-39)19-34(35)38-41-25(3)40-26(4)42-38/h5-21H,1-4H3. The van der Waals surface area contributed by atoms with E-state index in [0.717, 1.165) is 44.2 Å². The van der Waals surface area contributed by atoms with Crippen LogP contribution in [-0.4, -0.2) is 19.5 Å². The maximum absolute atomic E-state index is 9.85. The lowest BCUT2D eigenvalue weighted by molar-refractivity contribution is 0.926. The molecule has 0 aliphatic rings. The molecule has 0 saturated heterocycles. The zero-order chi connectivity index (χ0) is 29.7. The number of aryl methyl sites for hydroxylation is 4. The monoisotopic (exact) mass is 555 g/mol. The van der Waals surface area contributed by atoms with E-state index in [-0.39, 0.29) is 0 Å². The van der Waals surface area contributed by atoms with Gasteiger partial charge >= 0.3 is 0 Å². The van der Waals surface area contributed by atoms with Crippen LogP contribution in [0.2, 0.25) is 0 Å². The van der Waals surface area contributed by atoms with Crippen molar-refractivity contribution in [3.8, 4) is 45.4 Å². The van der Waals surface area contributed by atoms with Gasteiger partial charge in [-0.15, -0.1) is 0 Å². The molecule has 0 bridgehead atoms. The van der Waals surface area contributed by atoms with Crippen LogP contribution in [-0.2, 0) is 0 Å². The number of rotatable bonds is 4. The van der Waals surface area contributed by atoms with Gasteiger partial charge in [-0.1, -0.05) is 72.8 Å². The van der Waals surface area contributed by atoms with Crippen LogP contribution in [0.4, 0.5) is 0 Å². The summed E-state index contributed by atoms with van der Waals surface area (Å²) >= 11 is 0. The average Bonchev–Trinajstić information content (AvgIpc) is 3.33. The normalized spacial score (nSPS) is 11.2. The van der Waals surface area contributed by atoms with E-state index in [1.807, 2.05) is 32.0 Å². The molecule has 7 rings (SSSR count). The number of hydrogen-bond acceptors (Lipinski definition) is 4. The first kappa shape index (κ1) is 26.3. The van der Waals surface area contributed by atoms with Crippen molar-refractivity contribution in [3.63, 3.8) is 0 Å². The van der Waals surface area contributed by atoms with Crippen LogP contribution in [0, 0.1) is 39.0 Å². The minimum atomic E-state index is 0.552. The third-order valence-corrected chi connectivity index (χ3v) is 8.15. The average molecular weight is 556 g/mol. The molecule has 0 N–H and O–H groups in total. The van der Waals surface area contributed by atoms with Gasteiger partial charge in [0.1, 0.15) is 11.6 Å². The van der Waals surface area contributed by atoms with Crippen LogP contribution >= 0.6 is 0 Å². The van der Waals surface area contributed by atoms with Crippen molar-refractivity contribution < 1.29 is 0 Å². The highest BCUT2D eigenvalue weighted by atomic mass is 15.0. The second-order valence-corrected chi connectivity index (χ2v) is 11.0. The van der Waals surface area contributed by atoms with Gasteiger partial charge in [0.15, 0.2) is 5.82 Å². The highest BCUT2D eigenvalue weighted by Gasteiger charge is 2.20. The largest absolute Gasteiger partial charge is 0.308 e. The molecule has 7 aromatic rings. The lowest BCUT2D eigenvalue weighted by Gasteiger charge is -2.15. The van der Waals surface area contributed by atoms with Gasteiger partial charge in [-0.05, 0) is 91.4 Å². The summed E-state index contributed by atoms with van der Waals surface area (Å²) in [5, 5.41) is 12.2. The SMILES string of the molecule is Cc1nc(C)nc(-c2cc(C#N)ccc2-n2c3cc(-c4ccccc4C)ccc3c3ccc(-c4ccccc4C)cc32)n1. The predicted octanol–water partition coefficient (Wildman–Crippen LogP) is 9.08. The summed E-state index contributed by atoms with van der Waals surface area (Å²) in [6.07, 6.45) is 0. The second-order valence-electron chi connectivity index (χ2n) is 11.0. The van der Waals surface area contributed by atoms with Crippen molar-refractivity contribution in [2.24, 2.45) is 0 Å². The van der Waals surface area contributed by atoms with Gasteiger partial charge in [-0.3, -0.25) is 0 Å². The molecule has 2 heterocycles. The molecule has 0 aliphatic heterocycles. The Labute approximate surface area is 250 Å². The first-order valence-electron chi connectivity index (χ1n) is 14.4. The van der Waals surface area contributed by atoms with E-state index < -0.39 is 0 Å². The van der Waals surface area contributed by atoms with Gasteiger partial charge in [-0.2, -0.15) is 5.26 Å². The first-order chi connectivity index (χ1) is 20.9. The molecule has 2 aromatic heterocycles. The van der Waals surface area contributed by atoms with Crippen LogP contribution in [0.5, 0.6) is 0 Å². The second kappa shape index (κ2) is 10.3. The summed E-state index contributed by atoms with van der Waals surface area (Å²) in [4.78, 5) is 13.8. The van der Waals surface area contributed by atoms with Crippen molar-refractivity contribution in [2.45, 2.75) is 27.7 Å². The molecule has 0 radical (unpaired) electrons. The quantitative estimate of drug-likeness (QED) is 0.217. The van der Waals surface area contributed by atoms with Crippen molar-refractivity contribution in [2.75, 3.05) is 0 Å². The lowest BCUT2D eigenvalue weighted by Crippen LogP contribution is -2.04. The number of nitrogens with zero attached hydrogens (tertiary/aromatic N) is 5. The van der Waals surface area contributed by atoms with E-state index in [0.29, 0.717) is 23.0 Å². The molecule has 0 amide bonds. The van der Waals surface area contributed by atoms with E-state index in [1.165, 1.54) is 22.3 Å². The van der Waals surface area contributed by atoms with Crippen molar-refractivity contribution in [1.82, 2.24) is 19.5 Å². The number of benzene rings is 5. The summed E-state index contributed by atoms with van der Waals surface area (Å²) in [5.41, 5.74) is 11.5. The predicted molar refractivity (Wildman–Crippen MR) is 174 cm³/mol. The van der Waals surface area contributed by atoms with Crippen LogP contribution in [0.3, 0.4) is 0 Å². The molecule has 206 valence electrons. The fourth-order valence-corrected chi connectivity index (χ4v) is 6.12. The Morgan fingerprint density at radius 1 is 0.558 bits per heavy atom. The van der Waals surface area contributed by atoms with Gasteiger partial charge in [0, 0.05) is 16.3 Å². The number of hydrogen-bond donors (Lipinski definition) is 0. The topological polar surface area (TPSA) is 67.4 Å². The Morgan fingerprint density at radius 3 is 1.60 bits per heavy atom. The van der Waals surface area contributed by atoms with E-state index >= 15 is 0 Å². The Hall–Kier alpha value is -5.60. The molecule has 0 atom stereocenters. The molecular formula is C38H29N5. The van der Waals surface area contributed by atoms with Crippen LogP contribution in [0.1, 0.15) is 28.3 Å². The van der Waals surface area contributed by atoms with Crippen molar-refractivity contribution in [3.05, 3.63) is 131 Å². The van der Waals surface area contributed by atoms with Gasteiger partial charge in [-0.25, -0.2) is 15.0 Å². The zero-order valence-electron chi connectivity index (χ0n) is 24.6. The zero-order valence-corrected chi connectivity index (χ0v) is 24.6. The van der Waals surface area contributed by atoms with Crippen LogP contribution < -0.4 is 0 Å². The lowest BCUT2D eigenvalue weighted by atomic mass is 9.98. The Bertz CT molecular complexity index is 2130. The number of aromatic nitrogens is 4. The molecule has 0 aliphatic carbocycles. The van der Waals surface area contributed by atoms with E-state index in [4.69, 9.17) is 9.97 Å². The maximum atomic E-state index is 9.85. The Morgan fingerprint density at radius 2 is 1.09 bits per heavy atom. The molecule has 5 aromatic carbocycles. The molecule has 5 heteroatoms. The molecule has 0 saturated carbocycles. The van der Waals surface area contributed by atoms with Crippen molar-refractivity contribution >= 4 is 21.8 Å². The highest BCUT2D eigenvalue weighted by molar-refractivity contribution is 6.11. The Balaban J connectivity index is 1.60. The number of fused-ring (bicyclic) bond motifs is 3. The summed E-state index contributed by atoms with van der Waals surface area (Å²) < 4.78 is 2.30. The van der Waals surface area contributed by atoms with E-state index in [9.17, 15) is 5.26 Å². The van der Waals surface area contributed by atoms with Crippen LogP contribution in [0.15, 0.2) is 103 Å². The van der Waals surface area contributed by atoms with E-state index in [2.05, 4.69) is 114 Å². The smallest absolute Gasteiger partial charge is 0.165 e. The third-order valence-electron chi connectivity index (χ3n) is 8.15. The van der Waals surface area contributed by atoms with Crippen molar-refractivity contribution in [1.29, 1.82) is 5.26 Å². The minimum Gasteiger partial charge on any atom is -0.308 e. The molecular weight excluding hydrogens is 526 g/mol. The summed E-state index contributed by atoms with van der Waals surface area (Å²) in [6.45, 7) is 8.03. The van der Waals surface area contributed by atoms with E-state index in [1.54, 1.807) is 0 Å². The Kier molecular flexibility index (Phi) is 6.33. The summed E-state index contributed by atoms with van der Waals surface area (Å²) in [7, 11) is 0. The fourth-order valence-electron chi connectivity index (χ4n) is 6.12. The van der Waals surface area contributed by atoms with Gasteiger partial charge in [0.2, 0.25) is 0 Å². The summed E-state index contributed by atoms with van der Waals surface area (Å²) in [5.74, 6) is 1.83. The highest BCUT2D eigenvalue weighted by Crippen LogP contribution is 2.40.